The second-order valence-electron chi connectivity index (χ2n) is 4.75. The van der Waals surface area contributed by atoms with E-state index in [4.69, 9.17) is 5.73 Å². The van der Waals surface area contributed by atoms with Gasteiger partial charge in [0.25, 0.3) is 0 Å². The fourth-order valence-electron chi connectivity index (χ4n) is 2.17. The van der Waals surface area contributed by atoms with Gasteiger partial charge in [-0.2, -0.15) is 0 Å². The minimum atomic E-state index is 0.0977. The van der Waals surface area contributed by atoms with Gasteiger partial charge in [0.05, 0.1) is 5.52 Å². The lowest BCUT2D eigenvalue weighted by Crippen LogP contribution is -2.03. The Balaban J connectivity index is 1.86. The van der Waals surface area contributed by atoms with E-state index in [-0.39, 0.29) is 5.78 Å². The first-order chi connectivity index (χ1) is 9.72. The number of ketones is 1. The number of Topliss-reactive ketones (excluding diaryl/α,β-unsaturated/α-hetero) is 1. The van der Waals surface area contributed by atoms with E-state index in [1.807, 2.05) is 54.6 Å². The van der Waals surface area contributed by atoms with Gasteiger partial charge in [-0.3, -0.25) is 9.78 Å². The quantitative estimate of drug-likeness (QED) is 0.582. The number of hydrogen-bond donors (Lipinski definition) is 1. The Morgan fingerprint density at radius 1 is 1.05 bits per heavy atom. The molecule has 0 bridgehead atoms. The number of fused-ring (bicyclic) bond motifs is 1. The van der Waals surface area contributed by atoms with E-state index in [0.717, 1.165) is 16.5 Å². The van der Waals surface area contributed by atoms with Crippen LogP contribution < -0.4 is 5.73 Å². The Morgan fingerprint density at radius 3 is 2.65 bits per heavy atom. The van der Waals surface area contributed by atoms with Crippen molar-refractivity contribution in [3.63, 3.8) is 0 Å². The standard InChI is InChI=1S/C17H14N2O/c18-15-6-3-12(4-7-15)10-17(20)14-5-8-16-13(11-14)2-1-9-19-16/h1-9,11H,10,18H2. The lowest BCUT2D eigenvalue weighted by Gasteiger charge is -2.04. The van der Waals surface area contributed by atoms with Crippen LogP contribution in [0.2, 0.25) is 0 Å². The maximum absolute atomic E-state index is 12.3. The van der Waals surface area contributed by atoms with Crippen molar-refractivity contribution in [2.75, 3.05) is 5.73 Å². The summed E-state index contributed by atoms with van der Waals surface area (Å²) in [6.07, 6.45) is 2.13. The first-order valence-corrected chi connectivity index (χ1v) is 6.45. The van der Waals surface area contributed by atoms with Gasteiger partial charge in [-0.15, -0.1) is 0 Å². The average Bonchev–Trinajstić information content (AvgIpc) is 2.49. The van der Waals surface area contributed by atoms with Crippen molar-refractivity contribution in [2.45, 2.75) is 6.42 Å². The van der Waals surface area contributed by atoms with Crippen molar-refractivity contribution in [1.29, 1.82) is 0 Å². The molecule has 1 aromatic heterocycles. The van der Waals surface area contributed by atoms with Crippen molar-refractivity contribution in [1.82, 2.24) is 4.98 Å². The molecule has 0 unspecified atom stereocenters. The summed E-state index contributed by atoms with van der Waals surface area (Å²) >= 11 is 0. The molecule has 0 fully saturated rings. The second kappa shape index (κ2) is 5.13. The predicted molar refractivity (Wildman–Crippen MR) is 80.6 cm³/mol. The summed E-state index contributed by atoms with van der Waals surface area (Å²) in [5.74, 6) is 0.0977. The number of hydrogen-bond acceptors (Lipinski definition) is 3. The summed E-state index contributed by atoms with van der Waals surface area (Å²) in [5, 5.41) is 0.982. The van der Waals surface area contributed by atoms with Crippen LogP contribution in [0.25, 0.3) is 10.9 Å². The fourth-order valence-corrected chi connectivity index (χ4v) is 2.17. The minimum Gasteiger partial charge on any atom is -0.399 e. The van der Waals surface area contributed by atoms with E-state index in [0.29, 0.717) is 17.7 Å². The van der Waals surface area contributed by atoms with Crippen LogP contribution in [-0.4, -0.2) is 10.8 Å². The highest BCUT2D eigenvalue weighted by Crippen LogP contribution is 2.16. The molecular weight excluding hydrogens is 248 g/mol. The molecule has 2 N–H and O–H groups in total. The fraction of sp³-hybridized carbons (Fsp3) is 0.0588. The molecule has 20 heavy (non-hydrogen) atoms. The third kappa shape index (κ3) is 2.52. The molecule has 1 heterocycles. The average molecular weight is 262 g/mol. The van der Waals surface area contributed by atoms with E-state index >= 15 is 0 Å². The molecule has 0 saturated heterocycles. The molecule has 0 saturated carbocycles. The maximum atomic E-state index is 12.3. The van der Waals surface area contributed by atoms with Crippen molar-refractivity contribution < 1.29 is 4.79 Å². The normalized spacial score (nSPS) is 10.6. The summed E-state index contributed by atoms with van der Waals surface area (Å²) in [5.41, 5.74) is 8.92. The number of benzene rings is 2. The van der Waals surface area contributed by atoms with E-state index in [1.165, 1.54) is 0 Å². The lowest BCUT2D eigenvalue weighted by atomic mass is 10.0. The zero-order valence-corrected chi connectivity index (χ0v) is 10.9. The Labute approximate surface area is 117 Å². The molecule has 0 aliphatic carbocycles. The van der Waals surface area contributed by atoms with Crippen molar-refractivity contribution in [3.05, 3.63) is 71.9 Å². The number of rotatable bonds is 3. The SMILES string of the molecule is Nc1ccc(CC(=O)c2ccc3ncccc3c2)cc1. The first kappa shape index (κ1) is 12.4. The molecule has 0 atom stereocenters. The van der Waals surface area contributed by atoms with Crippen LogP contribution in [-0.2, 0) is 6.42 Å². The maximum Gasteiger partial charge on any atom is 0.167 e. The highest BCUT2D eigenvalue weighted by molar-refractivity contribution is 6.00. The van der Waals surface area contributed by atoms with Gasteiger partial charge in [-0.25, -0.2) is 0 Å². The molecule has 0 aliphatic rings. The van der Waals surface area contributed by atoms with Crippen LogP contribution in [0.5, 0.6) is 0 Å². The third-order valence-electron chi connectivity index (χ3n) is 3.27. The van der Waals surface area contributed by atoms with Crippen molar-refractivity contribution in [2.24, 2.45) is 0 Å². The number of aromatic nitrogens is 1. The number of carbonyl (C=O) groups excluding carboxylic acids is 1. The van der Waals surface area contributed by atoms with Crippen molar-refractivity contribution in [3.8, 4) is 0 Å². The van der Waals surface area contributed by atoms with Crippen LogP contribution in [0, 0.1) is 0 Å². The molecule has 3 nitrogen and oxygen atoms in total. The van der Waals surface area contributed by atoms with Crippen LogP contribution in [0.1, 0.15) is 15.9 Å². The smallest absolute Gasteiger partial charge is 0.167 e. The van der Waals surface area contributed by atoms with Gasteiger partial charge in [-0.1, -0.05) is 18.2 Å². The molecule has 3 rings (SSSR count). The topological polar surface area (TPSA) is 56.0 Å². The number of nitrogen functional groups attached to an aromatic ring is 1. The van der Waals surface area contributed by atoms with Gasteiger partial charge in [0.1, 0.15) is 0 Å². The highest BCUT2D eigenvalue weighted by atomic mass is 16.1. The zero-order chi connectivity index (χ0) is 13.9. The number of carbonyl (C=O) groups is 1. The molecular formula is C17H14N2O. The number of anilines is 1. The highest BCUT2D eigenvalue weighted by Gasteiger charge is 2.08. The van der Waals surface area contributed by atoms with E-state index in [1.54, 1.807) is 6.20 Å². The predicted octanol–water partition coefficient (Wildman–Crippen LogP) is 3.24. The summed E-state index contributed by atoms with van der Waals surface area (Å²) in [6.45, 7) is 0. The molecule has 98 valence electrons. The van der Waals surface area contributed by atoms with Gasteiger partial charge in [-0.05, 0) is 42.0 Å². The molecule has 0 radical (unpaired) electrons. The Hall–Kier alpha value is -2.68. The van der Waals surface area contributed by atoms with Crippen LogP contribution in [0.15, 0.2) is 60.8 Å². The molecule has 2 aromatic carbocycles. The number of nitrogens with two attached hydrogens (primary N) is 1. The van der Waals surface area contributed by atoms with Crippen LogP contribution in [0.3, 0.4) is 0 Å². The van der Waals surface area contributed by atoms with Gasteiger partial charge in [0, 0.05) is 29.3 Å². The minimum absolute atomic E-state index is 0.0977. The zero-order valence-electron chi connectivity index (χ0n) is 10.9. The van der Waals surface area contributed by atoms with Gasteiger partial charge >= 0.3 is 0 Å². The molecule has 0 aliphatic heterocycles. The summed E-state index contributed by atoms with van der Waals surface area (Å²) in [7, 11) is 0. The summed E-state index contributed by atoms with van der Waals surface area (Å²) < 4.78 is 0. The number of nitrogens with zero attached hydrogens (tertiary/aromatic N) is 1. The Kier molecular flexibility index (Phi) is 3.17. The largest absolute Gasteiger partial charge is 0.399 e. The monoisotopic (exact) mass is 262 g/mol. The van der Waals surface area contributed by atoms with Crippen LogP contribution in [0.4, 0.5) is 5.69 Å². The van der Waals surface area contributed by atoms with Gasteiger partial charge in [0.15, 0.2) is 5.78 Å². The molecule has 3 heteroatoms. The van der Waals surface area contributed by atoms with E-state index in [2.05, 4.69) is 4.98 Å². The molecule has 3 aromatic rings. The van der Waals surface area contributed by atoms with E-state index < -0.39 is 0 Å². The molecule has 0 spiro atoms. The Bertz CT molecular complexity index is 763. The summed E-state index contributed by atoms with van der Waals surface area (Å²) in [4.78, 5) is 16.5. The molecule has 0 amide bonds. The van der Waals surface area contributed by atoms with Crippen LogP contribution >= 0.6 is 0 Å². The lowest BCUT2D eigenvalue weighted by molar-refractivity contribution is 0.0993. The third-order valence-corrected chi connectivity index (χ3v) is 3.27. The Morgan fingerprint density at radius 2 is 1.85 bits per heavy atom. The number of pyridine rings is 1. The van der Waals surface area contributed by atoms with E-state index in [9.17, 15) is 4.79 Å². The summed E-state index contributed by atoms with van der Waals surface area (Å²) in [6, 6.07) is 16.8. The van der Waals surface area contributed by atoms with Gasteiger partial charge < -0.3 is 5.73 Å². The van der Waals surface area contributed by atoms with Crippen molar-refractivity contribution >= 4 is 22.4 Å². The first-order valence-electron chi connectivity index (χ1n) is 6.45. The second-order valence-corrected chi connectivity index (χ2v) is 4.75. The van der Waals surface area contributed by atoms with Gasteiger partial charge in [0.2, 0.25) is 0 Å².